The summed E-state index contributed by atoms with van der Waals surface area (Å²) in [7, 11) is 0. The molecule has 3 heteroatoms. The summed E-state index contributed by atoms with van der Waals surface area (Å²) in [5.74, 6) is 0. The first-order valence-electron chi connectivity index (χ1n) is 18.7. The molecule has 0 bridgehead atoms. The molecule has 0 N–H and O–H groups in total. The maximum Gasteiger partial charge on any atom is 0.0540 e. The third kappa shape index (κ3) is 5.43. The highest BCUT2D eigenvalue weighted by molar-refractivity contribution is 7.26. The molecule has 2 aromatic heterocycles. The summed E-state index contributed by atoms with van der Waals surface area (Å²) >= 11 is 3.74. The molecule has 9 aromatic carbocycles. The molecule has 0 spiro atoms. The van der Waals surface area contributed by atoms with E-state index in [9.17, 15) is 0 Å². The molecule has 55 heavy (non-hydrogen) atoms. The van der Waals surface area contributed by atoms with Crippen LogP contribution in [0.1, 0.15) is 0 Å². The second kappa shape index (κ2) is 13.1. The lowest BCUT2D eigenvalue weighted by Crippen LogP contribution is -2.12. The topological polar surface area (TPSA) is 3.24 Å². The monoisotopic (exact) mass is 735 g/mol. The summed E-state index contributed by atoms with van der Waals surface area (Å²) in [6, 6.07) is 73.6. The standard InChI is InChI=1S/C52H33NS2/c1-2-14-35-31-37(28-27-34(35)13-1)40-17-3-7-23-47(40)53(39-16-11-15-36(32-39)42-21-12-22-45-43-19-5-10-26-50(43)55-52(42)45)48-24-8-4-18-41(48)38-29-30-51-46(33-38)44-20-6-9-25-49(44)54-51/h1-33H. The second-order valence-corrected chi connectivity index (χ2v) is 16.2. The summed E-state index contributed by atoms with van der Waals surface area (Å²) in [5.41, 5.74) is 10.6. The Morgan fingerprint density at radius 1 is 0.309 bits per heavy atom. The number of hydrogen-bond acceptors (Lipinski definition) is 3. The Kier molecular flexibility index (Phi) is 7.61. The fraction of sp³-hybridized carbons (Fsp3) is 0. The minimum absolute atomic E-state index is 1.11. The van der Waals surface area contributed by atoms with Gasteiger partial charge in [0.25, 0.3) is 0 Å². The molecule has 0 atom stereocenters. The van der Waals surface area contributed by atoms with Gasteiger partial charge in [-0.25, -0.2) is 0 Å². The van der Waals surface area contributed by atoms with Gasteiger partial charge in [0, 0.05) is 57.2 Å². The van der Waals surface area contributed by atoms with Gasteiger partial charge >= 0.3 is 0 Å². The van der Waals surface area contributed by atoms with Crippen LogP contribution in [0.5, 0.6) is 0 Å². The van der Waals surface area contributed by atoms with Gasteiger partial charge in [-0.1, -0.05) is 146 Å². The summed E-state index contributed by atoms with van der Waals surface area (Å²) in [4.78, 5) is 2.48. The van der Waals surface area contributed by atoms with Gasteiger partial charge in [-0.15, -0.1) is 22.7 Å². The molecular formula is C52H33NS2. The van der Waals surface area contributed by atoms with Crippen LogP contribution in [0.4, 0.5) is 17.1 Å². The van der Waals surface area contributed by atoms with Crippen molar-refractivity contribution >= 4 is 90.9 Å². The molecule has 11 rings (SSSR count). The minimum Gasteiger partial charge on any atom is -0.309 e. The van der Waals surface area contributed by atoms with Gasteiger partial charge in [-0.2, -0.15) is 0 Å². The third-order valence-corrected chi connectivity index (χ3v) is 13.2. The first kappa shape index (κ1) is 32.0. The Morgan fingerprint density at radius 3 is 1.65 bits per heavy atom. The Labute approximate surface area is 327 Å². The third-order valence-electron chi connectivity index (χ3n) is 10.9. The van der Waals surface area contributed by atoms with E-state index in [2.05, 4.69) is 205 Å². The van der Waals surface area contributed by atoms with Crippen molar-refractivity contribution in [2.24, 2.45) is 0 Å². The lowest BCUT2D eigenvalue weighted by molar-refractivity contribution is 1.28. The van der Waals surface area contributed by atoms with E-state index in [1.165, 1.54) is 84.5 Å². The van der Waals surface area contributed by atoms with Crippen LogP contribution in [0.25, 0.3) is 84.5 Å². The maximum absolute atomic E-state index is 2.48. The normalized spacial score (nSPS) is 11.6. The van der Waals surface area contributed by atoms with E-state index in [1.54, 1.807) is 0 Å². The van der Waals surface area contributed by atoms with Crippen LogP contribution in [0.2, 0.25) is 0 Å². The number of benzene rings is 9. The smallest absolute Gasteiger partial charge is 0.0540 e. The van der Waals surface area contributed by atoms with Crippen molar-refractivity contribution in [1.29, 1.82) is 0 Å². The van der Waals surface area contributed by atoms with Crippen molar-refractivity contribution in [1.82, 2.24) is 0 Å². The summed E-state index contributed by atoms with van der Waals surface area (Å²) in [6.07, 6.45) is 0. The molecule has 0 unspecified atom stereocenters. The molecule has 0 aliphatic heterocycles. The Bertz CT molecular complexity index is 3240. The second-order valence-electron chi connectivity index (χ2n) is 14.1. The Hall–Kier alpha value is -6.52. The first-order valence-corrected chi connectivity index (χ1v) is 20.3. The Balaban J connectivity index is 1.15. The number of para-hydroxylation sites is 2. The van der Waals surface area contributed by atoms with Gasteiger partial charge in [-0.3, -0.25) is 0 Å². The average Bonchev–Trinajstić information content (AvgIpc) is 3.82. The van der Waals surface area contributed by atoms with Gasteiger partial charge in [0.2, 0.25) is 0 Å². The van der Waals surface area contributed by atoms with Gasteiger partial charge in [-0.05, 0) is 87.6 Å². The molecule has 2 heterocycles. The quantitative estimate of drug-likeness (QED) is 0.164. The van der Waals surface area contributed by atoms with E-state index >= 15 is 0 Å². The highest BCUT2D eigenvalue weighted by atomic mass is 32.1. The van der Waals surface area contributed by atoms with Crippen LogP contribution < -0.4 is 4.90 Å². The number of fused-ring (bicyclic) bond motifs is 7. The highest BCUT2D eigenvalue weighted by Crippen LogP contribution is 2.47. The molecule has 1 nitrogen and oxygen atoms in total. The van der Waals surface area contributed by atoms with Crippen molar-refractivity contribution in [2.75, 3.05) is 4.90 Å². The largest absolute Gasteiger partial charge is 0.309 e. The minimum atomic E-state index is 1.11. The Morgan fingerprint density at radius 2 is 0.855 bits per heavy atom. The van der Waals surface area contributed by atoms with Crippen molar-refractivity contribution in [2.45, 2.75) is 0 Å². The molecule has 0 amide bonds. The number of anilines is 3. The number of nitrogens with zero attached hydrogens (tertiary/aromatic N) is 1. The van der Waals surface area contributed by atoms with Crippen LogP contribution in [0, 0.1) is 0 Å². The van der Waals surface area contributed by atoms with Crippen LogP contribution in [-0.2, 0) is 0 Å². The van der Waals surface area contributed by atoms with E-state index < -0.39 is 0 Å². The van der Waals surface area contributed by atoms with E-state index in [0.717, 1.165) is 17.1 Å². The van der Waals surface area contributed by atoms with E-state index in [1.807, 2.05) is 22.7 Å². The van der Waals surface area contributed by atoms with E-state index in [0.29, 0.717) is 0 Å². The van der Waals surface area contributed by atoms with E-state index in [4.69, 9.17) is 0 Å². The summed E-state index contributed by atoms with van der Waals surface area (Å²) in [5, 5.41) is 7.71. The lowest BCUT2D eigenvalue weighted by Gasteiger charge is -2.30. The van der Waals surface area contributed by atoms with Gasteiger partial charge in [0.15, 0.2) is 0 Å². The van der Waals surface area contributed by atoms with Crippen LogP contribution >= 0.6 is 22.7 Å². The fourth-order valence-corrected chi connectivity index (χ4v) is 10.6. The van der Waals surface area contributed by atoms with Crippen LogP contribution in [-0.4, -0.2) is 0 Å². The molecule has 0 aliphatic carbocycles. The molecule has 0 fully saturated rings. The van der Waals surface area contributed by atoms with Crippen LogP contribution in [0.3, 0.4) is 0 Å². The van der Waals surface area contributed by atoms with E-state index in [-0.39, 0.29) is 0 Å². The predicted molar refractivity (Wildman–Crippen MR) is 241 cm³/mol. The molecule has 0 aliphatic rings. The summed E-state index contributed by atoms with van der Waals surface area (Å²) < 4.78 is 5.26. The fourth-order valence-electron chi connectivity index (χ4n) is 8.27. The molecular weight excluding hydrogens is 703 g/mol. The predicted octanol–water partition coefficient (Wildman–Crippen LogP) is 16.0. The van der Waals surface area contributed by atoms with Crippen molar-refractivity contribution in [3.63, 3.8) is 0 Å². The zero-order valence-electron chi connectivity index (χ0n) is 29.8. The number of rotatable bonds is 6. The summed E-state index contributed by atoms with van der Waals surface area (Å²) in [6.45, 7) is 0. The molecule has 0 radical (unpaired) electrons. The maximum atomic E-state index is 2.48. The van der Waals surface area contributed by atoms with Gasteiger partial charge < -0.3 is 4.90 Å². The first-order chi connectivity index (χ1) is 27.3. The number of thiophene rings is 2. The lowest BCUT2D eigenvalue weighted by atomic mass is 9.96. The molecule has 258 valence electrons. The van der Waals surface area contributed by atoms with Crippen molar-refractivity contribution in [3.8, 4) is 33.4 Å². The SMILES string of the molecule is c1cc(-c2cccc3c2sc2ccccc23)cc(N(c2ccccc2-c2ccc3ccccc3c2)c2ccccc2-c2ccc3sc4ccccc4c3c2)c1. The molecule has 0 saturated carbocycles. The van der Waals surface area contributed by atoms with Gasteiger partial charge in [0.05, 0.1) is 11.4 Å². The molecule has 0 saturated heterocycles. The average molecular weight is 736 g/mol. The van der Waals surface area contributed by atoms with Crippen molar-refractivity contribution in [3.05, 3.63) is 200 Å². The molecule has 11 aromatic rings. The number of hydrogen-bond donors (Lipinski definition) is 0. The highest BCUT2D eigenvalue weighted by Gasteiger charge is 2.22. The van der Waals surface area contributed by atoms with Crippen molar-refractivity contribution < 1.29 is 0 Å². The zero-order chi connectivity index (χ0) is 36.3. The van der Waals surface area contributed by atoms with Crippen LogP contribution in [0.15, 0.2) is 200 Å². The van der Waals surface area contributed by atoms with Gasteiger partial charge in [0.1, 0.15) is 0 Å². The zero-order valence-corrected chi connectivity index (χ0v) is 31.4.